The van der Waals surface area contributed by atoms with Gasteiger partial charge in [0.2, 0.25) is 0 Å². The van der Waals surface area contributed by atoms with Crippen molar-refractivity contribution < 1.29 is 4.74 Å². The molecule has 2 nitrogen and oxygen atoms in total. The molecule has 2 unspecified atom stereocenters. The predicted molar refractivity (Wildman–Crippen MR) is 83.0 cm³/mol. The Morgan fingerprint density at radius 1 is 1.00 bits per heavy atom. The molecule has 0 aliphatic heterocycles. The molecule has 19 heavy (non-hydrogen) atoms. The lowest BCUT2D eigenvalue weighted by molar-refractivity contribution is 0.190. The number of rotatable bonds is 8. The molecule has 2 atom stereocenters. The van der Waals surface area contributed by atoms with Crippen molar-refractivity contribution in [2.24, 2.45) is 0 Å². The summed E-state index contributed by atoms with van der Waals surface area (Å²) in [5.41, 5.74) is 1.39. The van der Waals surface area contributed by atoms with Gasteiger partial charge < -0.3 is 10.1 Å². The Kier molecular flexibility index (Phi) is 6.93. The van der Waals surface area contributed by atoms with Gasteiger partial charge in [-0.2, -0.15) is 0 Å². The molecule has 0 aromatic heterocycles. The number of ether oxygens (including phenoxy) is 1. The molecule has 0 saturated carbocycles. The summed E-state index contributed by atoms with van der Waals surface area (Å²) in [5, 5.41) is 3.43. The first-order valence-corrected chi connectivity index (χ1v) is 7.56. The van der Waals surface area contributed by atoms with E-state index in [-0.39, 0.29) is 6.10 Å². The van der Waals surface area contributed by atoms with Gasteiger partial charge in [-0.05, 0) is 36.5 Å². The molecule has 0 fully saturated rings. The molecule has 0 aliphatic rings. The molecule has 0 aliphatic carbocycles. The van der Waals surface area contributed by atoms with Gasteiger partial charge in [-0.15, -0.1) is 0 Å². The minimum absolute atomic E-state index is 0.247. The van der Waals surface area contributed by atoms with E-state index >= 15 is 0 Å². The van der Waals surface area contributed by atoms with Crippen LogP contribution >= 0.6 is 0 Å². The average Bonchev–Trinajstić information content (AvgIpc) is 2.43. The Morgan fingerprint density at radius 3 is 2.11 bits per heavy atom. The molecule has 0 amide bonds. The maximum Gasteiger partial charge on any atom is 0.119 e. The van der Waals surface area contributed by atoms with Gasteiger partial charge in [-0.3, -0.25) is 0 Å². The van der Waals surface area contributed by atoms with Crippen LogP contribution < -0.4 is 10.1 Å². The van der Waals surface area contributed by atoms with Crippen LogP contribution in [0.1, 0.15) is 58.9 Å². The van der Waals surface area contributed by atoms with Crippen LogP contribution in [-0.4, -0.2) is 18.7 Å². The number of nitrogens with one attached hydrogen (secondary N) is 1. The fourth-order valence-corrected chi connectivity index (χ4v) is 1.94. The van der Waals surface area contributed by atoms with Crippen molar-refractivity contribution in [3.63, 3.8) is 0 Å². The first-order valence-electron chi connectivity index (χ1n) is 7.56. The van der Waals surface area contributed by atoms with Crippen LogP contribution in [0.4, 0.5) is 0 Å². The third-order valence-electron chi connectivity index (χ3n) is 3.57. The largest absolute Gasteiger partial charge is 0.489 e. The lowest BCUT2D eigenvalue weighted by Crippen LogP contribution is -2.34. The Balaban J connectivity index is 2.55. The lowest BCUT2D eigenvalue weighted by atomic mass is 9.99. The fraction of sp³-hybridized carbons (Fsp3) is 0.647. The Morgan fingerprint density at radius 2 is 1.63 bits per heavy atom. The molecule has 108 valence electrons. The van der Waals surface area contributed by atoms with E-state index in [0.717, 1.165) is 18.7 Å². The Labute approximate surface area is 118 Å². The van der Waals surface area contributed by atoms with Gasteiger partial charge >= 0.3 is 0 Å². The smallest absolute Gasteiger partial charge is 0.119 e. The maximum atomic E-state index is 6.02. The van der Waals surface area contributed by atoms with Crippen molar-refractivity contribution in [1.29, 1.82) is 0 Å². The van der Waals surface area contributed by atoms with E-state index < -0.39 is 0 Å². The molecule has 1 N–H and O–H groups in total. The van der Waals surface area contributed by atoms with Crippen LogP contribution in [0.3, 0.4) is 0 Å². The molecule has 0 spiro atoms. The molecule has 2 heteroatoms. The van der Waals surface area contributed by atoms with Gasteiger partial charge in [-0.25, -0.2) is 0 Å². The zero-order chi connectivity index (χ0) is 14.3. The van der Waals surface area contributed by atoms with Crippen LogP contribution in [0, 0.1) is 0 Å². The third kappa shape index (κ3) is 5.65. The minimum atomic E-state index is 0.247. The first kappa shape index (κ1) is 16.0. The van der Waals surface area contributed by atoms with Crippen LogP contribution in [-0.2, 0) is 0 Å². The molecular formula is C17H29NO. The summed E-state index contributed by atoms with van der Waals surface area (Å²) in [5.74, 6) is 1.60. The summed E-state index contributed by atoms with van der Waals surface area (Å²) >= 11 is 0. The van der Waals surface area contributed by atoms with Crippen molar-refractivity contribution in [3.8, 4) is 5.75 Å². The first-order chi connectivity index (χ1) is 9.06. The summed E-state index contributed by atoms with van der Waals surface area (Å²) in [4.78, 5) is 0. The Hall–Kier alpha value is -1.02. The minimum Gasteiger partial charge on any atom is -0.489 e. The molecule has 1 aromatic rings. The molecule has 0 radical (unpaired) electrons. The van der Waals surface area contributed by atoms with Crippen molar-refractivity contribution >= 4 is 0 Å². The highest BCUT2D eigenvalue weighted by atomic mass is 16.5. The van der Waals surface area contributed by atoms with E-state index in [4.69, 9.17) is 4.74 Å². The van der Waals surface area contributed by atoms with Crippen molar-refractivity contribution in [2.45, 2.75) is 65.5 Å². The van der Waals surface area contributed by atoms with E-state index in [1.54, 1.807) is 0 Å². The normalized spacial score (nSPS) is 14.4. The molecule has 0 heterocycles. The van der Waals surface area contributed by atoms with E-state index in [0.29, 0.717) is 12.0 Å². The summed E-state index contributed by atoms with van der Waals surface area (Å²) in [7, 11) is 0. The van der Waals surface area contributed by atoms with E-state index in [1.807, 2.05) is 0 Å². The summed E-state index contributed by atoms with van der Waals surface area (Å²) in [6, 6.07) is 9.07. The van der Waals surface area contributed by atoms with E-state index in [9.17, 15) is 0 Å². The molecular weight excluding hydrogens is 234 g/mol. The van der Waals surface area contributed by atoms with Crippen LogP contribution in [0.2, 0.25) is 0 Å². The van der Waals surface area contributed by atoms with Gasteiger partial charge in [0, 0.05) is 12.6 Å². The van der Waals surface area contributed by atoms with Gasteiger partial charge in [0.1, 0.15) is 11.9 Å². The summed E-state index contributed by atoms with van der Waals surface area (Å²) in [6.45, 7) is 11.9. The van der Waals surface area contributed by atoms with Gasteiger partial charge in [0.05, 0.1) is 0 Å². The second kappa shape index (κ2) is 8.21. The third-order valence-corrected chi connectivity index (χ3v) is 3.57. The monoisotopic (exact) mass is 263 g/mol. The summed E-state index contributed by atoms with van der Waals surface area (Å²) in [6.07, 6.45) is 2.44. The zero-order valence-corrected chi connectivity index (χ0v) is 13.1. The topological polar surface area (TPSA) is 21.3 Å². The second-order valence-corrected chi connectivity index (χ2v) is 5.59. The fourth-order valence-electron chi connectivity index (χ4n) is 1.94. The molecule has 0 bridgehead atoms. The second-order valence-electron chi connectivity index (χ2n) is 5.59. The van der Waals surface area contributed by atoms with Crippen LogP contribution in [0.25, 0.3) is 0 Å². The molecule has 1 aromatic carbocycles. The number of benzene rings is 1. The van der Waals surface area contributed by atoms with Gasteiger partial charge in [0.15, 0.2) is 0 Å². The van der Waals surface area contributed by atoms with E-state index in [1.165, 1.54) is 12.0 Å². The zero-order valence-electron chi connectivity index (χ0n) is 13.1. The number of hydrogen-bond donors (Lipinski definition) is 1. The standard InChI is InChI=1S/C17H29NO/c1-6-14(5)15-8-10-17(11-9-15)19-16(7-2)12-18-13(3)4/h8-11,13-14,16,18H,6-7,12H2,1-5H3. The highest BCUT2D eigenvalue weighted by Gasteiger charge is 2.09. The number of hydrogen-bond acceptors (Lipinski definition) is 2. The lowest BCUT2D eigenvalue weighted by Gasteiger charge is -2.20. The van der Waals surface area contributed by atoms with Crippen molar-refractivity contribution in [1.82, 2.24) is 5.32 Å². The van der Waals surface area contributed by atoms with Crippen LogP contribution in [0.15, 0.2) is 24.3 Å². The SMILES string of the molecule is CCC(CNC(C)C)Oc1ccc(C(C)CC)cc1. The van der Waals surface area contributed by atoms with Gasteiger partial charge in [0.25, 0.3) is 0 Å². The summed E-state index contributed by atoms with van der Waals surface area (Å²) < 4.78 is 6.02. The molecule has 1 rings (SSSR count). The van der Waals surface area contributed by atoms with E-state index in [2.05, 4.69) is 64.2 Å². The highest BCUT2D eigenvalue weighted by molar-refractivity contribution is 5.29. The highest BCUT2D eigenvalue weighted by Crippen LogP contribution is 2.22. The predicted octanol–water partition coefficient (Wildman–Crippen LogP) is 4.36. The molecule has 0 saturated heterocycles. The average molecular weight is 263 g/mol. The maximum absolute atomic E-state index is 6.02. The van der Waals surface area contributed by atoms with Crippen LogP contribution in [0.5, 0.6) is 5.75 Å². The Bertz CT molecular complexity index is 345. The van der Waals surface area contributed by atoms with Crippen molar-refractivity contribution in [2.75, 3.05) is 6.54 Å². The van der Waals surface area contributed by atoms with Gasteiger partial charge in [-0.1, -0.05) is 46.8 Å². The van der Waals surface area contributed by atoms with Crippen molar-refractivity contribution in [3.05, 3.63) is 29.8 Å². The quantitative estimate of drug-likeness (QED) is 0.752.